The number of nitrogens with one attached hydrogen (secondary N) is 1. The molecular weight excluding hydrogens is 380 g/mol. The van der Waals surface area contributed by atoms with Gasteiger partial charge in [0.1, 0.15) is 11.5 Å². The smallest absolute Gasteiger partial charge is 0.262 e. The zero-order valence-electron chi connectivity index (χ0n) is 16.8. The first kappa shape index (κ1) is 19.5. The lowest BCUT2D eigenvalue weighted by Gasteiger charge is -2.19. The molecule has 0 atom stereocenters. The van der Waals surface area contributed by atoms with Crippen LogP contribution in [0.2, 0.25) is 0 Å². The fourth-order valence-corrected chi connectivity index (χ4v) is 3.30. The Morgan fingerprint density at radius 1 is 1.03 bits per heavy atom. The zero-order valence-corrected chi connectivity index (χ0v) is 16.8. The van der Waals surface area contributed by atoms with E-state index in [1.54, 1.807) is 23.1 Å². The third-order valence-electron chi connectivity index (χ3n) is 4.82. The van der Waals surface area contributed by atoms with Gasteiger partial charge in [0.25, 0.3) is 11.8 Å². The molecule has 4 rings (SSSR count). The van der Waals surface area contributed by atoms with E-state index >= 15 is 0 Å². The SMILES string of the molecule is CCN1C(=O)c2cc(NC(=O)COc3ccc(C)cc3)ccc2Oc2ccccc21. The molecular formula is C24H22N2O4. The summed E-state index contributed by atoms with van der Waals surface area (Å²) in [5.41, 5.74) is 2.74. The second kappa shape index (κ2) is 8.29. The van der Waals surface area contributed by atoms with Gasteiger partial charge in [-0.3, -0.25) is 9.59 Å². The van der Waals surface area contributed by atoms with Gasteiger partial charge in [0.2, 0.25) is 0 Å². The fraction of sp³-hybridized carbons (Fsp3) is 0.167. The lowest BCUT2D eigenvalue weighted by Crippen LogP contribution is -2.30. The number of aryl methyl sites for hydroxylation is 1. The number of ether oxygens (including phenoxy) is 2. The predicted molar refractivity (Wildman–Crippen MR) is 116 cm³/mol. The topological polar surface area (TPSA) is 67.9 Å². The van der Waals surface area contributed by atoms with Crippen LogP contribution in [-0.4, -0.2) is 25.0 Å². The number of fused-ring (bicyclic) bond motifs is 2. The van der Waals surface area contributed by atoms with Crippen molar-refractivity contribution in [1.82, 2.24) is 0 Å². The van der Waals surface area contributed by atoms with Crippen LogP contribution in [0.4, 0.5) is 11.4 Å². The van der Waals surface area contributed by atoms with Crippen molar-refractivity contribution in [1.29, 1.82) is 0 Å². The molecule has 0 saturated heterocycles. The van der Waals surface area contributed by atoms with Gasteiger partial charge >= 0.3 is 0 Å². The highest BCUT2D eigenvalue weighted by Crippen LogP contribution is 2.39. The number of carbonyl (C=O) groups is 2. The molecule has 2 amide bonds. The van der Waals surface area contributed by atoms with Crippen LogP contribution in [0.1, 0.15) is 22.8 Å². The average molecular weight is 402 g/mol. The van der Waals surface area contributed by atoms with E-state index in [1.165, 1.54) is 0 Å². The molecule has 3 aromatic carbocycles. The van der Waals surface area contributed by atoms with Crippen LogP contribution >= 0.6 is 0 Å². The molecule has 3 aromatic rings. The van der Waals surface area contributed by atoms with E-state index in [-0.39, 0.29) is 18.4 Å². The second-order valence-corrected chi connectivity index (χ2v) is 6.98. The number of rotatable bonds is 5. The Morgan fingerprint density at radius 3 is 2.57 bits per heavy atom. The van der Waals surface area contributed by atoms with Gasteiger partial charge in [-0.1, -0.05) is 29.8 Å². The van der Waals surface area contributed by atoms with E-state index in [9.17, 15) is 9.59 Å². The highest BCUT2D eigenvalue weighted by Gasteiger charge is 2.27. The van der Waals surface area contributed by atoms with Crippen molar-refractivity contribution in [3.63, 3.8) is 0 Å². The highest BCUT2D eigenvalue weighted by atomic mass is 16.5. The maximum atomic E-state index is 13.1. The molecule has 1 heterocycles. The first-order chi connectivity index (χ1) is 14.5. The van der Waals surface area contributed by atoms with Crippen LogP contribution in [0.25, 0.3) is 0 Å². The molecule has 0 aromatic heterocycles. The van der Waals surface area contributed by atoms with Gasteiger partial charge in [-0.25, -0.2) is 0 Å². The van der Waals surface area contributed by atoms with Crippen molar-refractivity contribution < 1.29 is 19.1 Å². The minimum atomic E-state index is -0.312. The Bertz CT molecular complexity index is 1090. The first-order valence-corrected chi connectivity index (χ1v) is 9.77. The molecule has 1 aliphatic rings. The summed E-state index contributed by atoms with van der Waals surface area (Å²) in [4.78, 5) is 27.1. The Labute approximate surface area is 175 Å². The second-order valence-electron chi connectivity index (χ2n) is 6.98. The van der Waals surface area contributed by atoms with Crippen molar-refractivity contribution in [2.24, 2.45) is 0 Å². The molecule has 0 fully saturated rings. The van der Waals surface area contributed by atoms with E-state index in [4.69, 9.17) is 9.47 Å². The summed E-state index contributed by atoms with van der Waals surface area (Å²) < 4.78 is 11.5. The van der Waals surface area contributed by atoms with Crippen molar-refractivity contribution >= 4 is 23.2 Å². The zero-order chi connectivity index (χ0) is 21.1. The van der Waals surface area contributed by atoms with Crippen LogP contribution in [-0.2, 0) is 4.79 Å². The average Bonchev–Trinajstić information content (AvgIpc) is 2.87. The van der Waals surface area contributed by atoms with Crippen molar-refractivity contribution in [2.45, 2.75) is 13.8 Å². The van der Waals surface area contributed by atoms with Crippen LogP contribution in [0.3, 0.4) is 0 Å². The van der Waals surface area contributed by atoms with Gasteiger partial charge in [-0.2, -0.15) is 0 Å². The number of hydrogen-bond donors (Lipinski definition) is 1. The Kier molecular flexibility index (Phi) is 5.39. The molecule has 1 aliphatic heterocycles. The normalized spacial score (nSPS) is 12.3. The third kappa shape index (κ3) is 3.98. The Balaban J connectivity index is 1.51. The minimum absolute atomic E-state index is 0.128. The van der Waals surface area contributed by atoms with Crippen molar-refractivity contribution in [3.05, 3.63) is 77.9 Å². The summed E-state index contributed by atoms with van der Waals surface area (Å²) in [7, 11) is 0. The summed E-state index contributed by atoms with van der Waals surface area (Å²) in [6.07, 6.45) is 0. The molecule has 0 saturated carbocycles. The third-order valence-corrected chi connectivity index (χ3v) is 4.82. The van der Waals surface area contributed by atoms with E-state index in [2.05, 4.69) is 5.32 Å². The fourth-order valence-electron chi connectivity index (χ4n) is 3.30. The van der Waals surface area contributed by atoms with Gasteiger partial charge < -0.3 is 19.7 Å². The predicted octanol–water partition coefficient (Wildman–Crippen LogP) is 4.78. The number of para-hydroxylation sites is 2. The minimum Gasteiger partial charge on any atom is -0.484 e. The summed E-state index contributed by atoms with van der Waals surface area (Å²) >= 11 is 0. The lowest BCUT2D eigenvalue weighted by atomic mass is 10.1. The summed E-state index contributed by atoms with van der Waals surface area (Å²) in [5, 5.41) is 2.78. The van der Waals surface area contributed by atoms with Crippen LogP contribution in [0.5, 0.6) is 17.2 Å². The summed E-state index contributed by atoms with van der Waals surface area (Å²) in [5.74, 6) is 1.21. The largest absolute Gasteiger partial charge is 0.484 e. The molecule has 0 radical (unpaired) electrons. The van der Waals surface area contributed by atoms with Gasteiger partial charge in [-0.05, 0) is 56.3 Å². The standard InChI is InChI=1S/C24H22N2O4/c1-3-26-20-6-4-5-7-22(20)30-21-13-10-17(14-19(21)24(26)28)25-23(27)15-29-18-11-8-16(2)9-12-18/h4-14H,3,15H2,1-2H3,(H,25,27). The molecule has 152 valence electrons. The van der Waals surface area contributed by atoms with Crippen LogP contribution in [0.15, 0.2) is 66.7 Å². The monoisotopic (exact) mass is 402 g/mol. The number of nitrogens with zero attached hydrogens (tertiary/aromatic N) is 1. The summed E-state index contributed by atoms with van der Waals surface area (Å²) in [6, 6.07) is 19.9. The molecule has 6 nitrogen and oxygen atoms in total. The molecule has 1 N–H and O–H groups in total. The van der Waals surface area contributed by atoms with Gasteiger partial charge in [0.15, 0.2) is 12.4 Å². The van der Waals surface area contributed by atoms with E-state index in [0.29, 0.717) is 35.0 Å². The number of benzene rings is 3. The van der Waals surface area contributed by atoms with Crippen molar-refractivity contribution in [2.75, 3.05) is 23.4 Å². The Hall–Kier alpha value is -3.80. The molecule has 0 bridgehead atoms. The Morgan fingerprint density at radius 2 is 1.80 bits per heavy atom. The number of amides is 2. The highest BCUT2D eigenvalue weighted by molar-refractivity contribution is 6.10. The van der Waals surface area contributed by atoms with E-state index < -0.39 is 0 Å². The lowest BCUT2D eigenvalue weighted by molar-refractivity contribution is -0.118. The number of carbonyl (C=O) groups excluding carboxylic acids is 2. The molecule has 0 spiro atoms. The molecule has 0 unspecified atom stereocenters. The number of anilines is 2. The van der Waals surface area contributed by atoms with Crippen molar-refractivity contribution in [3.8, 4) is 17.2 Å². The van der Waals surface area contributed by atoms with E-state index in [0.717, 1.165) is 11.3 Å². The maximum Gasteiger partial charge on any atom is 0.262 e. The maximum absolute atomic E-state index is 13.1. The van der Waals surface area contributed by atoms with Crippen LogP contribution in [0, 0.1) is 6.92 Å². The molecule has 0 aliphatic carbocycles. The van der Waals surface area contributed by atoms with Crippen LogP contribution < -0.4 is 19.7 Å². The number of hydrogen-bond acceptors (Lipinski definition) is 4. The quantitative estimate of drug-likeness (QED) is 0.667. The van der Waals surface area contributed by atoms with Gasteiger partial charge in [-0.15, -0.1) is 0 Å². The van der Waals surface area contributed by atoms with Gasteiger partial charge in [0.05, 0.1) is 11.3 Å². The molecule has 30 heavy (non-hydrogen) atoms. The first-order valence-electron chi connectivity index (χ1n) is 9.77. The van der Waals surface area contributed by atoms with Gasteiger partial charge in [0, 0.05) is 12.2 Å². The molecule has 6 heteroatoms. The summed E-state index contributed by atoms with van der Waals surface area (Å²) in [6.45, 7) is 4.27. The van der Waals surface area contributed by atoms with E-state index in [1.807, 2.05) is 62.4 Å².